The summed E-state index contributed by atoms with van der Waals surface area (Å²) < 4.78 is 0. The molecular weight excluding hydrogens is 260 g/mol. The normalized spacial score (nSPS) is 10.6. The monoisotopic (exact) mass is 276 g/mol. The number of carbonyl (C=O) groups is 1. The molecular formula is C15H17ClN2O. The number of amides is 1. The molecule has 0 N–H and O–H groups in total. The number of halogens is 1. The molecule has 0 saturated carbocycles. The summed E-state index contributed by atoms with van der Waals surface area (Å²) in [7, 11) is 0. The molecule has 1 amide bonds. The number of hydrogen-bond acceptors (Lipinski definition) is 2. The molecule has 0 bridgehead atoms. The van der Waals surface area contributed by atoms with E-state index in [-0.39, 0.29) is 5.91 Å². The molecule has 0 unspecified atom stereocenters. The van der Waals surface area contributed by atoms with Gasteiger partial charge in [0, 0.05) is 30.6 Å². The molecule has 0 aliphatic rings. The van der Waals surface area contributed by atoms with Gasteiger partial charge in [-0.3, -0.25) is 9.78 Å². The lowest BCUT2D eigenvalue weighted by molar-refractivity contribution is 0.0767. The molecule has 0 atom stereocenters. The van der Waals surface area contributed by atoms with Crippen LogP contribution in [0.15, 0.2) is 36.5 Å². The van der Waals surface area contributed by atoms with Gasteiger partial charge in [0.05, 0.1) is 11.1 Å². The third-order valence-electron chi connectivity index (χ3n) is 3.01. The van der Waals surface area contributed by atoms with Crippen LogP contribution in [0.3, 0.4) is 0 Å². The van der Waals surface area contributed by atoms with Crippen LogP contribution in [0.2, 0.25) is 0 Å². The molecule has 100 valence electrons. The average Bonchev–Trinajstić information content (AvgIpc) is 2.46. The van der Waals surface area contributed by atoms with E-state index in [1.165, 1.54) is 0 Å². The number of pyridine rings is 1. The second-order valence-electron chi connectivity index (χ2n) is 4.36. The molecule has 19 heavy (non-hydrogen) atoms. The highest BCUT2D eigenvalue weighted by Gasteiger charge is 2.16. The minimum atomic E-state index is 0.0288. The Morgan fingerprint density at radius 3 is 2.79 bits per heavy atom. The summed E-state index contributed by atoms with van der Waals surface area (Å²) in [5, 5.41) is 0.894. The zero-order valence-corrected chi connectivity index (χ0v) is 11.7. The quantitative estimate of drug-likeness (QED) is 0.785. The van der Waals surface area contributed by atoms with E-state index < -0.39 is 0 Å². The Kier molecular flexibility index (Phi) is 4.74. The van der Waals surface area contributed by atoms with Crippen LogP contribution in [0.5, 0.6) is 0 Å². The first-order chi connectivity index (χ1) is 9.27. The number of fused-ring (bicyclic) bond motifs is 1. The molecule has 1 aromatic heterocycles. The molecule has 0 aliphatic heterocycles. The van der Waals surface area contributed by atoms with E-state index >= 15 is 0 Å². The molecule has 0 radical (unpaired) electrons. The van der Waals surface area contributed by atoms with Gasteiger partial charge < -0.3 is 4.90 Å². The van der Waals surface area contributed by atoms with Crippen LogP contribution in [0.4, 0.5) is 0 Å². The van der Waals surface area contributed by atoms with E-state index in [1.54, 1.807) is 17.2 Å². The predicted octanol–water partition coefficient (Wildman–Crippen LogP) is 3.33. The largest absolute Gasteiger partial charge is 0.337 e. The number of para-hydroxylation sites is 1. The van der Waals surface area contributed by atoms with Crippen molar-refractivity contribution in [3.8, 4) is 0 Å². The van der Waals surface area contributed by atoms with Crippen molar-refractivity contribution in [3.63, 3.8) is 0 Å². The molecule has 3 nitrogen and oxygen atoms in total. The second kappa shape index (κ2) is 6.53. The van der Waals surface area contributed by atoms with Crippen LogP contribution >= 0.6 is 11.6 Å². The van der Waals surface area contributed by atoms with Crippen molar-refractivity contribution in [2.45, 2.75) is 13.3 Å². The molecule has 1 heterocycles. The maximum Gasteiger partial charge on any atom is 0.254 e. The Morgan fingerprint density at radius 2 is 2.05 bits per heavy atom. The Bertz CT molecular complexity index is 560. The number of aromatic nitrogens is 1. The number of alkyl halides is 1. The van der Waals surface area contributed by atoms with Gasteiger partial charge in [0.1, 0.15) is 0 Å². The molecule has 0 fully saturated rings. The highest BCUT2D eigenvalue weighted by molar-refractivity contribution is 6.18. The average molecular weight is 277 g/mol. The summed E-state index contributed by atoms with van der Waals surface area (Å²) in [5.41, 5.74) is 1.54. The van der Waals surface area contributed by atoms with Crippen LogP contribution in [-0.2, 0) is 0 Å². The van der Waals surface area contributed by atoms with Gasteiger partial charge >= 0.3 is 0 Å². The van der Waals surface area contributed by atoms with Gasteiger partial charge in [0.15, 0.2) is 0 Å². The van der Waals surface area contributed by atoms with Crippen LogP contribution in [-0.4, -0.2) is 34.8 Å². The highest BCUT2D eigenvalue weighted by atomic mass is 35.5. The molecule has 0 spiro atoms. The summed E-state index contributed by atoms with van der Waals surface area (Å²) in [4.78, 5) is 18.7. The molecule has 1 aromatic carbocycles. The third kappa shape index (κ3) is 3.04. The van der Waals surface area contributed by atoms with Crippen LogP contribution < -0.4 is 0 Å². The van der Waals surface area contributed by atoms with Gasteiger partial charge in [-0.1, -0.05) is 25.1 Å². The van der Waals surface area contributed by atoms with E-state index in [1.807, 2.05) is 24.3 Å². The fourth-order valence-electron chi connectivity index (χ4n) is 2.14. The van der Waals surface area contributed by atoms with Crippen molar-refractivity contribution in [2.24, 2.45) is 0 Å². The zero-order chi connectivity index (χ0) is 13.7. The minimum absolute atomic E-state index is 0.0288. The maximum atomic E-state index is 12.6. The number of rotatable bonds is 5. The first-order valence-electron chi connectivity index (χ1n) is 6.47. The van der Waals surface area contributed by atoms with Crippen LogP contribution in [0.25, 0.3) is 10.9 Å². The standard InChI is InChI=1S/C15H17ClN2O/c1-2-10-18(11-8-16)15(19)13-7-9-17-14-6-4-3-5-12(13)14/h3-7,9H,2,8,10-11H2,1H3. The van der Waals surface area contributed by atoms with E-state index in [0.29, 0.717) is 18.0 Å². The Morgan fingerprint density at radius 1 is 1.26 bits per heavy atom. The molecule has 2 rings (SSSR count). The van der Waals surface area contributed by atoms with Crippen LogP contribution in [0, 0.1) is 0 Å². The fraction of sp³-hybridized carbons (Fsp3) is 0.333. The third-order valence-corrected chi connectivity index (χ3v) is 3.18. The SMILES string of the molecule is CCCN(CCCl)C(=O)c1ccnc2ccccc12. The van der Waals surface area contributed by atoms with Crippen molar-refractivity contribution in [3.05, 3.63) is 42.1 Å². The van der Waals surface area contributed by atoms with E-state index in [2.05, 4.69) is 11.9 Å². The van der Waals surface area contributed by atoms with E-state index in [9.17, 15) is 4.79 Å². The topological polar surface area (TPSA) is 33.2 Å². The van der Waals surface area contributed by atoms with Gasteiger partial charge in [-0.15, -0.1) is 11.6 Å². The van der Waals surface area contributed by atoms with E-state index in [4.69, 9.17) is 11.6 Å². The summed E-state index contributed by atoms with van der Waals surface area (Å²) in [6.07, 6.45) is 2.60. The molecule has 0 saturated heterocycles. The molecule has 4 heteroatoms. The van der Waals surface area contributed by atoms with Crippen molar-refractivity contribution >= 4 is 28.4 Å². The molecule has 2 aromatic rings. The van der Waals surface area contributed by atoms with Gasteiger partial charge in [-0.2, -0.15) is 0 Å². The number of hydrogen-bond donors (Lipinski definition) is 0. The van der Waals surface area contributed by atoms with Gasteiger partial charge in [-0.05, 0) is 18.6 Å². The maximum absolute atomic E-state index is 12.6. The lowest BCUT2D eigenvalue weighted by Crippen LogP contribution is -2.33. The minimum Gasteiger partial charge on any atom is -0.337 e. The lowest BCUT2D eigenvalue weighted by Gasteiger charge is -2.21. The van der Waals surface area contributed by atoms with Crippen molar-refractivity contribution < 1.29 is 4.79 Å². The summed E-state index contributed by atoms with van der Waals surface area (Å²) >= 11 is 5.78. The van der Waals surface area contributed by atoms with Crippen molar-refractivity contribution in [2.75, 3.05) is 19.0 Å². The Balaban J connectivity index is 2.39. The number of benzene rings is 1. The Hall–Kier alpha value is -1.61. The van der Waals surface area contributed by atoms with Crippen molar-refractivity contribution in [1.29, 1.82) is 0 Å². The van der Waals surface area contributed by atoms with Gasteiger partial charge in [-0.25, -0.2) is 0 Å². The smallest absolute Gasteiger partial charge is 0.254 e. The number of nitrogens with zero attached hydrogens (tertiary/aromatic N) is 2. The van der Waals surface area contributed by atoms with E-state index in [0.717, 1.165) is 23.9 Å². The fourth-order valence-corrected chi connectivity index (χ4v) is 2.34. The molecule has 0 aliphatic carbocycles. The first kappa shape index (κ1) is 13.8. The van der Waals surface area contributed by atoms with Gasteiger partial charge in [0.25, 0.3) is 5.91 Å². The van der Waals surface area contributed by atoms with Crippen LogP contribution in [0.1, 0.15) is 23.7 Å². The second-order valence-corrected chi connectivity index (χ2v) is 4.73. The zero-order valence-electron chi connectivity index (χ0n) is 11.0. The summed E-state index contributed by atoms with van der Waals surface area (Å²) in [5.74, 6) is 0.482. The summed E-state index contributed by atoms with van der Waals surface area (Å²) in [6, 6.07) is 9.47. The van der Waals surface area contributed by atoms with Crippen molar-refractivity contribution in [1.82, 2.24) is 9.88 Å². The summed E-state index contributed by atoms with van der Waals surface area (Å²) in [6.45, 7) is 3.35. The Labute approximate surface area is 118 Å². The number of carbonyl (C=O) groups excluding carboxylic acids is 1. The highest BCUT2D eigenvalue weighted by Crippen LogP contribution is 2.18. The predicted molar refractivity (Wildman–Crippen MR) is 78.7 cm³/mol. The first-order valence-corrected chi connectivity index (χ1v) is 7.00. The lowest BCUT2D eigenvalue weighted by atomic mass is 10.1. The van der Waals surface area contributed by atoms with Gasteiger partial charge in [0.2, 0.25) is 0 Å².